The first-order valence-corrected chi connectivity index (χ1v) is 4.67. The molecule has 0 aliphatic carbocycles. The van der Waals surface area contributed by atoms with E-state index in [1.54, 1.807) is 6.08 Å². The van der Waals surface area contributed by atoms with Crippen LogP contribution in [0.1, 0.15) is 26.2 Å². The molecule has 0 aromatic carbocycles. The Labute approximate surface area is 84.6 Å². The molecule has 1 heterocycles. The zero-order valence-corrected chi connectivity index (χ0v) is 8.42. The lowest BCUT2D eigenvalue weighted by molar-refractivity contribution is 0.283. The van der Waals surface area contributed by atoms with Gasteiger partial charge in [-0.1, -0.05) is 6.08 Å². The Balaban J connectivity index is 2.55. The fourth-order valence-electron chi connectivity index (χ4n) is 1.32. The molecule has 1 unspecified atom stereocenters. The summed E-state index contributed by atoms with van der Waals surface area (Å²) in [5, 5.41) is 17.9. The van der Waals surface area contributed by atoms with Crippen molar-refractivity contribution in [3.05, 3.63) is 12.7 Å². The molecule has 1 rings (SSSR count). The topological polar surface area (TPSA) is 60.1 Å². The first-order valence-electron chi connectivity index (χ1n) is 4.67. The van der Waals surface area contributed by atoms with Crippen molar-refractivity contribution in [3.63, 3.8) is 0 Å². The van der Waals surface area contributed by atoms with Gasteiger partial charge in [0, 0.05) is 0 Å². The molecule has 0 saturated carbocycles. The number of rotatable bonds is 5. The smallest absolute Gasteiger partial charge is 0.147 e. The number of hydrogen-bond acceptors (Lipinski definition) is 3. The lowest BCUT2D eigenvalue weighted by atomic mass is 9.81. The van der Waals surface area contributed by atoms with Gasteiger partial charge in [0.25, 0.3) is 0 Å². The van der Waals surface area contributed by atoms with Crippen LogP contribution in [0.15, 0.2) is 12.7 Å². The minimum absolute atomic E-state index is 0.0832. The summed E-state index contributed by atoms with van der Waals surface area (Å²) < 4.78 is 5.21. The molecule has 0 radical (unpaired) electrons. The second-order valence-electron chi connectivity index (χ2n) is 4.04. The Bertz CT molecular complexity index is 290. The maximum atomic E-state index is 8.96. The molecule has 0 aromatic rings. The SMILES string of the molecule is C=CCC(C#N)(C#N)CCC1(C)CO1. The van der Waals surface area contributed by atoms with Gasteiger partial charge in [-0.3, -0.25) is 0 Å². The molecule has 1 saturated heterocycles. The molecule has 0 N–H and O–H groups in total. The van der Waals surface area contributed by atoms with Crippen LogP contribution in [0.25, 0.3) is 0 Å². The first kappa shape index (κ1) is 10.8. The number of nitriles is 2. The fourth-order valence-corrected chi connectivity index (χ4v) is 1.32. The molecule has 74 valence electrons. The average molecular weight is 190 g/mol. The molecular formula is C11H14N2O. The van der Waals surface area contributed by atoms with Crippen molar-refractivity contribution >= 4 is 0 Å². The van der Waals surface area contributed by atoms with E-state index in [4.69, 9.17) is 15.3 Å². The van der Waals surface area contributed by atoms with Crippen LogP contribution in [0.3, 0.4) is 0 Å². The number of hydrogen-bond donors (Lipinski definition) is 0. The lowest BCUT2D eigenvalue weighted by Gasteiger charge is -2.17. The molecule has 0 bridgehead atoms. The van der Waals surface area contributed by atoms with Gasteiger partial charge < -0.3 is 4.74 Å². The Morgan fingerprint density at radius 3 is 2.50 bits per heavy atom. The number of nitrogens with zero attached hydrogens (tertiary/aromatic N) is 2. The zero-order valence-electron chi connectivity index (χ0n) is 8.42. The van der Waals surface area contributed by atoms with Gasteiger partial charge in [0.2, 0.25) is 0 Å². The molecule has 14 heavy (non-hydrogen) atoms. The second kappa shape index (κ2) is 3.82. The van der Waals surface area contributed by atoms with Crippen molar-refractivity contribution < 1.29 is 4.74 Å². The van der Waals surface area contributed by atoms with E-state index >= 15 is 0 Å². The van der Waals surface area contributed by atoms with Crippen molar-refractivity contribution in [2.75, 3.05) is 6.61 Å². The van der Waals surface area contributed by atoms with Gasteiger partial charge in [-0.25, -0.2) is 0 Å². The van der Waals surface area contributed by atoms with Gasteiger partial charge in [0.1, 0.15) is 5.41 Å². The molecule has 0 amide bonds. The van der Waals surface area contributed by atoms with Crippen LogP contribution in [0.5, 0.6) is 0 Å². The highest BCUT2D eigenvalue weighted by Crippen LogP contribution is 2.37. The van der Waals surface area contributed by atoms with Crippen LogP contribution in [-0.4, -0.2) is 12.2 Å². The van der Waals surface area contributed by atoms with Crippen molar-refractivity contribution in [1.82, 2.24) is 0 Å². The third-order valence-corrected chi connectivity index (χ3v) is 2.64. The van der Waals surface area contributed by atoms with Gasteiger partial charge in [-0.05, 0) is 26.2 Å². The lowest BCUT2D eigenvalue weighted by Crippen LogP contribution is -2.18. The highest BCUT2D eigenvalue weighted by molar-refractivity contribution is 5.16. The minimum Gasteiger partial charge on any atom is -0.370 e. The summed E-state index contributed by atoms with van der Waals surface area (Å²) in [5.74, 6) is 0. The summed E-state index contributed by atoms with van der Waals surface area (Å²) in [6, 6.07) is 4.16. The Morgan fingerprint density at radius 1 is 1.57 bits per heavy atom. The normalized spacial score (nSPS) is 24.8. The summed E-state index contributed by atoms with van der Waals surface area (Å²) in [5.41, 5.74) is -0.989. The monoisotopic (exact) mass is 190 g/mol. The molecule has 1 aliphatic heterocycles. The Morgan fingerprint density at radius 2 is 2.14 bits per heavy atom. The van der Waals surface area contributed by atoms with Gasteiger partial charge in [-0.15, -0.1) is 6.58 Å². The number of epoxide rings is 1. The average Bonchev–Trinajstić information content (AvgIpc) is 2.92. The van der Waals surface area contributed by atoms with Crippen LogP contribution in [-0.2, 0) is 4.74 Å². The quantitative estimate of drug-likeness (QED) is 0.493. The number of ether oxygens (including phenoxy) is 1. The third kappa shape index (κ3) is 2.34. The van der Waals surface area contributed by atoms with E-state index in [-0.39, 0.29) is 5.60 Å². The molecular weight excluding hydrogens is 176 g/mol. The van der Waals surface area contributed by atoms with Gasteiger partial charge in [-0.2, -0.15) is 10.5 Å². The predicted octanol–water partition coefficient (Wildman–Crippen LogP) is 2.17. The summed E-state index contributed by atoms with van der Waals surface area (Å²) in [7, 11) is 0. The van der Waals surface area contributed by atoms with E-state index in [9.17, 15) is 0 Å². The molecule has 1 fully saturated rings. The van der Waals surface area contributed by atoms with Gasteiger partial charge in [0.15, 0.2) is 0 Å². The van der Waals surface area contributed by atoms with Crippen molar-refractivity contribution in [3.8, 4) is 12.1 Å². The minimum atomic E-state index is -0.906. The van der Waals surface area contributed by atoms with Crippen molar-refractivity contribution in [2.24, 2.45) is 5.41 Å². The molecule has 0 spiro atoms. The van der Waals surface area contributed by atoms with Crippen molar-refractivity contribution in [2.45, 2.75) is 31.8 Å². The first-order chi connectivity index (χ1) is 6.60. The van der Waals surface area contributed by atoms with Crippen molar-refractivity contribution in [1.29, 1.82) is 10.5 Å². The fraction of sp³-hybridized carbons (Fsp3) is 0.636. The van der Waals surface area contributed by atoms with E-state index < -0.39 is 5.41 Å². The molecule has 3 nitrogen and oxygen atoms in total. The maximum Gasteiger partial charge on any atom is 0.147 e. The standard InChI is InChI=1S/C11H14N2O/c1-3-4-11(7-12,8-13)6-5-10(2)9-14-10/h3H,1,4-6,9H2,2H3. The third-order valence-electron chi connectivity index (χ3n) is 2.64. The van der Waals surface area contributed by atoms with Crippen LogP contribution in [0, 0.1) is 28.1 Å². The van der Waals surface area contributed by atoms with E-state index in [2.05, 4.69) is 18.7 Å². The van der Waals surface area contributed by atoms with Crippen LogP contribution < -0.4 is 0 Å². The molecule has 0 aromatic heterocycles. The van der Waals surface area contributed by atoms with Crippen LogP contribution >= 0.6 is 0 Å². The molecule has 1 atom stereocenters. The highest BCUT2D eigenvalue weighted by atomic mass is 16.6. The summed E-state index contributed by atoms with van der Waals surface area (Å²) in [4.78, 5) is 0. The van der Waals surface area contributed by atoms with E-state index in [0.29, 0.717) is 12.8 Å². The molecule has 1 aliphatic rings. The summed E-state index contributed by atoms with van der Waals surface area (Å²) >= 11 is 0. The second-order valence-corrected chi connectivity index (χ2v) is 4.04. The van der Waals surface area contributed by atoms with E-state index in [0.717, 1.165) is 13.0 Å². The highest BCUT2D eigenvalue weighted by Gasteiger charge is 2.42. The zero-order chi connectivity index (χ0) is 10.7. The van der Waals surface area contributed by atoms with E-state index in [1.807, 2.05) is 6.92 Å². The van der Waals surface area contributed by atoms with Gasteiger partial charge >= 0.3 is 0 Å². The summed E-state index contributed by atoms with van der Waals surface area (Å²) in [6.07, 6.45) is 3.38. The van der Waals surface area contributed by atoms with Gasteiger partial charge in [0.05, 0.1) is 24.3 Å². The largest absolute Gasteiger partial charge is 0.370 e. The predicted molar refractivity (Wildman–Crippen MR) is 52.1 cm³/mol. The Kier molecular flexibility index (Phi) is 2.93. The Hall–Kier alpha value is -1.32. The molecule has 3 heteroatoms. The summed E-state index contributed by atoms with van der Waals surface area (Å²) in [6.45, 7) is 6.31. The van der Waals surface area contributed by atoms with Crippen LogP contribution in [0.2, 0.25) is 0 Å². The van der Waals surface area contributed by atoms with Crippen LogP contribution in [0.4, 0.5) is 0 Å². The maximum absolute atomic E-state index is 8.96. The van der Waals surface area contributed by atoms with E-state index in [1.165, 1.54) is 0 Å². The number of allylic oxidation sites excluding steroid dienone is 1.